The second kappa shape index (κ2) is 3.17. The number of hydrogen-bond donors (Lipinski definition) is 0. The van der Waals surface area contributed by atoms with Gasteiger partial charge in [0.25, 0.3) is 0 Å². The normalized spacial score (nSPS) is 6.67. The van der Waals surface area contributed by atoms with Gasteiger partial charge in [0.15, 0.2) is 0 Å². The molecule has 0 atom stereocenters. The van der Waals surface area contributed by atoms with Gasteiger partial charge in [-0.15, -0.1) is 0 Å². The van der Waals surface area contributed by atoms with Crippen LogP contribution in [0.3, 0.4) is 0 Å². The first-order chi connectivity index (χ1) is 2.50. The van der Waals surface area contributed by atoms with E-state index in [2.05, 4.69) is 0 Å². The van der Waals surface area contributed by atoms with Crippen LogP contribution >= 0.6 is 0 Å². The van der Waals surface area contributed by atoms with E-state index < -0.39 is 0 Å². The maximum Gasteiger partial charge on any atom is 4.00 e. The molecule has 0 saturated heterocycles. The van der Waals surface area contributed by atoms with Crippen molar-refractivity contribution >= 4 is 0 Å². The SMILES string of the molecule is [Ru+4].c1cc[cH-]c1. The Bertz CT molecular complexity index is 60.4. The molecule has 0 bridgehead atoms. The van der Waals surface area contributed by atoms with Crippen molar-refractivity contribution in [1.29, 1.82) is 0 Å². The first-order valence-corrected chi connectivity index (χ1v) is 1.67. The van der Waals surface area contributed by atoms with Crippen LogP contribution in [0.2, 0.25) is 0 Å². The van der Waals surface area contributed by atoms with Crippen molar-refractivity contribution in [2.24, 2.45) is 0 Å². The zero-order valence-electron chi connectivity index (χ0n) is 3.24. The van der Waals surface area contributed by atoms with Crippen LogP contribution in [-0.2, 0) is 19.5 Å². The number of hydrogen-bond acceptors (Lipinski definition) is 0. The minimum Gasteiger partial charge on any atom is -0.214 e. The van der Waals surface area contributed by atoms with Crippen LogP contribution in [0.4, 0.5) is 0 Å². The number of rotatable bonds is 0. The zero-order chi connectivity index (χ0) is 3.54. The third kappa shape index (κ3) is 1.42. The van der Waals surface area contributed by atoms with Crippen molar-refractivity contribution < 1.29 is 19.5 Å². The topological polar surface area (TPSA) is 0 Å². The smallest absolute Gasteiger partial charge is 0.214 e. The van der Waals surface area contributed by atoms with Gasteiger partial charge in [0.2, 0.25) is 0 Å². The van der Waals surface area contributed by atoms with Crippen LogP contribution < -0.4 is 0 Å². The summed E-state index contributed by atoms with van der Waals surface area (Å²) < 4.78 is 0. The fourth-order valence-electron chi connectivity index (χ4n) is 0.321. The molecule has 0 aromatic heterocycles. The minimum absolute atomic E-state index is 0. The summed E-state index contributed by atoms with van der Waals surface area (Å²) in [7, 11) is 0. The van der Waals surface area contributed by atoms with Crippen molar-refractivity contribution in [2.75, 3.05) is 0 Å². The standard InChI is InChI=1S/C5H5.Ru/c1-2-4-5-3-1;/h1-5H;/q-1;+4. The summed E-state index contributed by atoms with van der Waals surface area (Å²) in [5.74, 6) is 0. The van der Waals surface area contributed by atoms with E-state index in [1.165, 1.54) is 0 Å². The van der Waals surface area contributed by atoms with Gasteiger partial charge in [0, 0.05) is 0 Å². The van der Waals surface area contributed by atoms with Gasteiger partial charge >= 0.3 is 19.5 Å². The van der Waals surface area contributed by atoms with E-state index in [0.29, 0.717) is 0 Å². The predicted molar refractivity (Wildman–Crippen MR) is 22.0 cm³/mol. The molecule has 0 saturated carbocycles. The molecule has 0 heterocycles. The van der Waals surface area contributed by atoms with Gasteiger partial charge in [-0.1, -0.05) is 0 Å². The monoisotopic (exact) mass is 167 g/mol. The Kier molecular flexibility index (Phi) is 3.16. The molecule has 1 aromatic carbocycles. The van der Waals surface area contributed by atoms with Gasteiger partial charge in [-0.05, 0) is 0 Å². The molecule has 0 nitrogen and oxygen atoms in total. The summed E-state index contributed by atoms with van der Waals surface area (Å²) in [5.41, 5.74) is 0. The molecule has 0 spiro atoms. The molecule has 0 fully saturated rings. The van der Waals surface area contributed by atoms with Crippen LogP contribution in [0.1, 0.15) is 0 Å². The minimum atomic E-state index is 0. The third-order valence-electron chi connectivity index (χ3n) is 0.556. The molecular weight excluding hydrogens is 161 g/mol. The van der Waals surface area contributed by atoms with E-state index in [1.54, 1.807) is 0 Å². The molecular formula is C5H5Ru+3. The van der Waals surface area contributed by atoms with Crippen molar-refractivity contribution in [3.05, 3.63) is 30.3 Å². The zero-order valence-corrected chi connectivity index (χ0v) is 4.98. The van der Waals surface area contributed by atoms with E-state index in [-0.39, 0.29) is 19.5 Å². The Morgan fingerprint density at radius 3 is 1.67 bits per heavy atom. The summed E-state index contributed by atoms with van der Waals surface area (Å²) in [4.78, 5) is 0. The second-order valence-corrected chi connectivity index (χ2v) is 0.962. The summed E-state index contributed by atoms with van der Waals surface area (Å²) in [6.45, 7) is 0. The van der Waals surface area contributed by atoms with Crippen molar-refractivity contribution in [1.82, 2.24) is 0 Å². The fourth-order valence-corrected chi connectivity index (χ4v) is 0.321. The molecule has 0 unspecified atom stereocenters. The van der Waals surface area contributed by atoms with Gasteiger partial charge in [-0.25, -0.2) is 12.1 Å². The maximum absolute atomic E-state index is 2.00. The molecule has 1 rings (SSSR count). The average Bonchev–Trinajstić information content (AvgIpc) is 1.76. The van der Waals surface area contributed by atoms with E-state index >= 15 is 0 Å². The first-order valence-electron chi connectivity index (χ1n) is 1.67. The van der Waals surface area contributed by atoms with Crippen LogP contribution in [-0.4, -0.2) is 0 Å². The van der Waals surface area contributed by atoms with Crippen LogP contribution in [0.15, 0.2) is 30.3 Å². The molecule has 0 radical (unpaired) electrons. The van der Waals surface area contributed by atoms with Crippen LogP contribution in [0.5, 0.6) is 0 Å². The largest absolute Gasteiger partial charge is 4.00 e. The van der Waals surface area contributed by atoms with Gasteiger partial charge < -0.3 is 0 Å². The Hall–Kier alpha value is -0.0266. The van der Waals surface area contributed by atoms with E-state index in [4.69, 9.17) is 0 Å². The van der Waals surface area contributed by atoms with Crippen molar-refractivity contribution in [3.63, 3.8) is 0 Å². The molecule has 1 heteroatoms. The quantitative estimate of drug-likeness (QED) is 0.403. The predicted octanol–water partition coefficient (Wildman–Crippen LogP) is 1.40. The molecule has 0 amide bonds. The van der Waals surface area contributed by atoms with Gasteiger partial charge in [-0.3, -0.25) is 0 Å². The summed E-state index contributed by atoms with van der Waals surface area (Å²) in [5, 5.41) is 0. The Morgan fingerprint density at radius 1 is 1.00 bits per heavy atom. The molecule has 1 aromatic rings. The first kappa shape index (κ1) is 5.97. The van der Waals surface area contributed by atoms with Crippen LogP contribution in [0, 0.1) is 0 Å². The van der Waals surface area contributed by atoms with E-state index in [9.17, 15) is 0 Å². The fraction of sp³-hybridized carbons (Fsp3) is 0. The molecule has 0 N–H and O–H groups in total. The van der Waals surface area contributed by atoms with E-state index in [1.807, 2.05) is 30.3 Å². The van der Waals surface area contributed by atoms with Crippen molar-refractivity contribution in [3.8, 4) is 0 Å². The van der Waals surface area contributed by atoms with Gasteiger partial charge in [-0.2, -0.15) is 18.2 Å². The van der Waals surface area contributed by atoms with Gasteiger partial charge in [0.05, 0.1) is 0 Å². The summed E-state index contributed by atoms with van der Waals surface area (Å²) in [6.07, 6.45) is 0. The Morgan fingerprint density at radius 2 is 1.50 bits per heavy atom. The Labute approximate surface area is 50.3 Å². The van der Waals surface area contributed by atoms with Crippen LogP contribution in [0.25, 0.3) is 0 Å². The second-order valence-electron chi connectivity index (χ2n) is 0.962. The average molecular weight is 166 g/mol. The Balaban J connectivity index is 0.000000250. The molecule has 30 valence electrons. The van der Waals surface area contributed by atoms with Crippen molar-refractivity contribution in [2.45, 2.75) is 0 Å². The molecule has 0 aliphatic heterocycles. The van der Waals surface area contributed by atoms with E-state index in [0.717, 1.165) is 0 Å². The third-order valence-corrected chi connectivity index (χ3v) is 0.556. The molecule has 0 aliphatic carbocycles. The molecule has 6 heavy (non-hydrogen) atoms. The maximum atomic E-state index is 2.00. The summed E-state index contributed by atoms with van der Waals surface area (Å²) in [6, 6.07) is 10.0. The molecule has 0 aliphatic rings. The van der Waals surface area contributed by atoms with Gasteiger partial charge in [0.1, 0.15) is 0 Å². The summed E-state index contributed by atoms with van der Waals surface area (Å²) >= 11 is 0.